The Morgan fingerprint density at radius 3 is 0.800 bits per heavy atom. The van der Waals surface area contributed by atoms with Crippen molar-refractivity contribution in [2.24, 2.45) is 0 Å². The molecule has 0 saturated carbocycles. The molecule has 0 aliphatic rings. The predicted molar refractivity (Wildman–Crippen MR) is 68.7 cm³/mol. The molecule has 0 N–H and O–H groups in total. The largest absolute Gasteiger partial charge is 0.0856 e. The second kappa shape index (κ2) is 6.35. The van der Waals surface area contributed by atoms with Crippen LogP contribution in [0, 0.1) is 0 Å². The zero-order valence-electron chi connectivity index (χ0n) is 4.58. The molecule has 0 aromatic heterocycles. The first kappa shape index (κ1) is 12.9. The highest BCUT2D eigenvalue weighted by molar-refractivity contribution is 9.26. The Morgan fingerprint density at radius 1 is 0.500 bits per heavy atom. The van der Waals surface area contributed by atoms with Gasteiger partial charge in [-0.3, -0.25) is 0 Å². The number of rotatable bonds is 3. The van der Waals surface area contributed by atoms with E-state index in [1.165, 1.54) is 0 Å². The van der Waals surface area contributed by atoms with E-state index >= 15 is 0 Å². The van der Waals surface area contributed by atoms with E-state index in [1.807, 2.05) is 0 Å². The summed E-state index contributed by atoms with van der Waals surface area (Å²) >= 11 is 20.6. The molecule has 0 aromatic rings. The summed E-state index contributed by atoms with van der Waals surface area (Å²) in [6, 6.07) is 0. The number of hydrogen-bond donors (Lipinski definition) is 0. The summed E-state index contributed by atoms with van der Waals surface area (Å²) < 4.78 is 0.531. The van der Waals surface area contributed by atoms with Crippen molar-refractivity contribution in [2.45, 2.75) is 17.1 Å². The van der Waals surface area contributed by atoms with Gasteiger partial charge in [0.25, 0.3) is 0 Å². The predicted octanol–water partition coefficient (Wildman–Crippen LogP) is 4.75. The molecule has 0 bridgehead atoms. The molecule has 62 valence electrons. The first-order valence-electron chi connectivity index (χ1n) is 2.31. The Hall–Kier alpha value is 2.88. The fraction of sp³-hybridized carbons (Fsp3) is 1.00. The van der Waals surface area contributed by atoms with Gasteiger partial charge in [0.2, 0.25) is 0 Å². The molecule has 0 spiro atoms. The summed E-state index contributed by atoms with van der Waals surface area (Å²) in [6.07, 6.45) is 0. The fourth-order valence-electron chi connectivity index (χ4n) is 0.278. The molecular weight excluding hydrogens is 527 g/mol. The number of halogens is 6. The normalized spacial score (nSPS) is 18.0. The molecule has 0 amide bonds. The monoisotopic (exact) mass is 526 g/mol. The highest BCUT2D eigenvalue weighted by Crippen LogP contribution is 2.33. The van der Waals surface area contributed by atoms with Crippen LogP contribution in [0.1, 0.15) is 0 Å². The molecule has 0 heterocycles. The van der Waals surface area contributed by atoms with E-state index in [9.17, 15) is 0 Å². The second-order valence-electron chi connectivity index (χ2n) is 1.56. The Labute approximate surface area is 111 Å². The molecule has 0 fully saturated rings. The third-order valence-electron chi connectivity index (χ3n) is 0.786. The van der Waals surface area contributed by atoms with Crippen LogP contribution in [0.15, 0.2) is 0 Å². The summed E-state index contributed by atoms with van der Waals surface area (Å²) in [4.78, 5) is 0.660. The van der Waals surface area contributed by atoms with Crippen molar-refractivity contribution in [3.8, 4) is 0 Å². The quantitative estimate of drug-likeness (QED) is 0.462. The van der Waals surface area contributed by atoms with Gasteiger partial charge in [-0.05, 0) is 0 Å². The highest BCUT2D eigenvalue weighted by Gasteiger charge is 2.25. The zero-order valence-corrected chi connectivity index (χ0v) is 14.1. The van der Waals surface area contributed by atoms with Gasteiger partial charge in [0.15, 0.2) is 0 Å². The van der Waals surface area contributed by atoms with Crippen LogP contribution in [0.25, 0.3) is 0 Å². The van der Waals surface area contributed by atoms with E-state index in [2.05, 4.69) is 95.6 Å². The molecule has 0 aliphatic carbocycles. The molecule has 10 heavy (non-hydrogen) atoms. The van der Waals surface area contributed by atoms with Crippen molar-refractivity contribution < 1.29 is 0 Å². The van der Waals surface area contributed by atoms with Crippen molar-refractivity contribution >= 4 is 95.6 Å². The SMILES string of the molecule is BrC(Br)C(Br)C(Br)C(Br)Br. The number of hydrogen-bond acceptors (Lipinski definition) is 0. The molecule has 0 nitrogen and oxygen atoms in total. The average Bonchev–Trinajstić information content (AvgIpc) is 1.84. The van der Waals surface area contributed by atoms with E-state index in [-0.39, 0.29) is 7.47 Å². The van der Waals surface area contributed by atoms with E-state index in [4.69, 9.17) is 0 Å². The lowest BCUT2D eigenvalue weighted by molar-refractivity contribution is 0.952. The van der Waals surface area contributed by atoms with Gasteiger partial charge < -0.3 is 0 Å². The summed E-state index contributed by atoms with van der Waals surface area (Å²) in [5.74, 6) is 0. The molecule has 0 radical (unpaired) electrons. The van der Waals surface area contributed by atoms with Gasteiger partial charge in [-0.15, -0.1) is 0 Å². The van der Waals surface area contributed by atoms with Crippen molar-refractivity contribution in [1.82, 2.24) is 0 Å². The number of alkyl halides is 6. The summed E-state index contributed by atoms with van der Waals surface area (Å²) in [7, 11) is 0. The first-order chi connectivity index (χ1) is 4.46. The van der Waals surface area contributed by atoms with Crippen LogP contribution in [0.2, 0.25) is 0 Å². The van der Waals surface area contributed by atoms with Crippen LogP contribution in [0.3, 0.4) is 0 Å². The van der Waals surface area contributed by atoms with Gasteiger partial charge in [-0.2, -0.15) is 0 Å². The van der Waals surface area contributed by atoms with Crippen LogP contribution >= 0.6 is 95.6 Å². The Balaban J connectivity index is 3.81. The topological polar surface area (TPSA) is 0 Å². The summed E-state index contributed by atoms with van der Waals surface area (Å²) in [5, 5.41) is 0. The smallest absolute Gasteiger partial charge is 0.0834 e. The van der Waals surface area contributed by atoms with E-state index in [0.717, 1.165) is 0 Å². The molecule has 0 rings (SSSR count). The molecule has 2 atom stereocenters. The highest BCUT2D eigenvalue weighted by atomic mass is 79.9. The van der Waals surface area contributed by atoms with Gasteiger partial charge in [0, 0.05) is 0 Å². The standard InChI is InChI=1S/C4H4Br6/c5-1(3(7)8)2(6)4(9)10/h1-4H. The first-order valence-corrected chi connectivity index (χ1v) is 7.80. The van der Waals surface area contributed by atoms with E-state index < -0.39 is 0 Å². The van der Waals surface area contributed by atoms with Crippen molar-refractivity contribution in [3.05, 3.63) is 0 Å². The molecule has 0 aliphatic heterocycles. The van der Waals surface area contributed by atoms with Gasteiger partial charge in [-0.25, -0.2) is 0 Å². The second-order valence-corrected chi connectivity index (χ2v) is 10.1. The van der Waals surface area contributed by atoms with Gasteiger partial charge in [0.05, 0.1) is 17.1 Å². The van der Waals surface area contributed by atoms with Gasteiger partial charge >= 0.3 is 0 Å². The van der Waals surface area contributed by atoms with Crippen LogP contribution < -0.4 is 0 Å². The molecule has 6 heteroatoms. The maximum Gasteiger partial charge on any atom is 0.0834 e. The Kier molecular flexibility index (Phi) is 8.18. The third kappa shape index (κ3) is 4.80. The van der Waals surface area contributed by atoms with Crippen LogP contribution in [0.4, 0.5) is 0 Å². The van der Waals surface area contributed by atoms with Gasteiger partial charge in [-0.1, -0.05) is 95.6 Å². The van der Waals surface area contributed by atoms with Crippen molar-refractivity contribution in [2.75, 3.05) is 0 Å². The lowest BCUT2D eigenvalue weighted by atomic mass is 10.4. The van der Waals surface area contributed by atoms with Crippen LogP contribution in [-0.4, -0.2) is 17.1 Å². The molecule has 0 aromatic carbocycles. The van der Waals surface area contributed by atoms with Crippen molar-refractivity contribution in [3.63, 3.8) is 0 Å². The molecule has 2 unspecified atom stereocenters. The summed E-state index contributed by atoms with van der Waals surface area (Å²) in [5.41, 5.74) is 0. The fourth-order valence-corrected chi connectivity index (χ4v) is 3.84. The maximum atomic E-state index is 3.51. The van der Waals surface area contributed by atoms with E-state index in [0.29, 0.717) is 9.65 Å². The lowest BCUT2D eigenvalue weighted by Gasteiger charge is -2.18. The minimum atomic E-state index is 0.266. The maximum absolute atomic E-state index is 3.51. The van der Waals surface area contributed by atoms with Crippen LogP contribution in [0.5, 0.6) is 0 Å². The molecular formula is C4H4Br6. The van der Waals surface area contributed by atoms with Crippen molar-refractivity contribution in [1.29, 1.82) is 0 Å². The minimum absolute atomic E-state index is 0.266. The Bertz CT molecular complexity index is 79.7. The average molecular weight is 532 g/mol. The van der Waals surface area contributed by atoms with Gasteiger partial charge in [0.1, 0.15) is 0 Å². The summed E-state index contributed by atoms with van der Waals surface area (Å²) in [6.45, 7) is 0. The Morgan fingerprint density at radius 2 is 0.700 bits per heavy atom. The van der Waals surface area contributed by atoms with Crippen LogP contribution in [-0.2, 0) is 0 Å². The molecule has 0 saturated heterocycles. The minimum Gasteiger partial charge on any atom is -0.0856 e. The van der Waals surface area contributed by atoms with E-state index in [1.54, 1.807) is 0 Å². The zero-order chi connectivity index (χ0) is 8.31. The third-order valence-corrected chi connectivity index (χ3v) is 8.81. The lowest BCUT2D eigenvalue weighted by Crippen LogP contribution is -2.24.